The summed E-state index contributed by atoms with van der Waals surface area (Å²) in [4.78, 5) is 15.8. The highest BCUT2D eigenvalue weighted by molar-refractivity contribution is 7.92. The number of aryl methyl sites for hydroxylation is 2. The summed E-state index contributed by atoms with van der Waals surface area (Å²) < 4.78 is 75.2. The van der Waals surface area contributed by atoms with E-state index in [0.717, 1.165) is 12.1 Å². The average molecular weight is 513 g/mol. The molecule has 0 saturated heterocycles. The Morgan fingerprint density at radius 3 is 2.35 bits per heavy atom. The second kappa shape index (κ2) is 8.37. The van der Waals surface area contributed by atoms with Crippen LogP contribution in [0.1, 0.15) is 5.56 Å². The van der Waals surface area contributed by atoms with Crippen molar-refractivity contribution in [3.63, 3.8) is 0 Å². The van der Waals surface area contributed by atoms with Crippen molar-refractivity contribution in [3.05, 3.63) is 75.8 Å². The molecule has 1 N–H and O–H groups in total. The van der Waals surface area contributed by atoms with Gasteiger partial charge >= 0.3 is 11.9 Å². The van der Waals surface area contributed by atoms with Gasteiger partial charge in [-0.15, -0.1) is 0 Å². The maximum Gasteiger partial charge on any atom is 0.417 e. The number of hydrogen-bond donors (Lipinski definition) is 1. The Morgan fingerprint density at radius 1 is 1.03 bits per heavy atom. The number of hydrogen-bond acceptors (Lipinski definition) is 5. The zero-order chi connectivity index (χ0) is 24.8. The van der Waals surface area contributed by atoms with E-state index in [1.54, 1.807) is 20.2 Å². The van der Waals surface area contributed by atoms with Crippen LogP contribution in [0.25, 0.3) is 11.2 Å². The molecule has 0 unspecified atom stereocenters. The Hall–Kier alpha value is -3.51. The molecule has 0 spiro atoms. The van der Waals surface area contributed by atoms with Crippen LogP contribution >= 0.6 is 11.6 Å². The molecule has 34 heavy (non-hydrogen) atoms. The Morgan fingerprint density at radius 2 is 1.71 bits per heavy atom. The largest absolute Gasteiger partial charge is 0.455 e. The van der Waals surface area contributed by atoms with Gasteiger partial charge in [0.15, 0.2) is 11.4 Å². The van der Waals surface area contributed by atoms with Crippen LogP contribution in [-0.2, 0) is 30.3 Å². The lowest BCUT2D eigenvalue weighted by Gasteiger charge is -2.13. The van der Waals surface area contributed by atoms with Crippen molar-refractivity contribution in [2.45, 2.75) is 11.1 Å². The lowest BCUT2D eigenvalue weighted by Crippen LogP contribution is -2.19. The first-order valence-corrected chi connectivity index (χ1v) is 11.4. The van der Waals surface area contributed by atoms with E-state index in [2.05, 4.69) is 9.71 Å². The first-order chi connectivity index (χ1) is 15.9. The molecule has 4 aromatic rings. The minimum absolute atomic E-state index is 0.0999. The van der Waals surface area contributed by atoms with Crippen molar-refractivity contribution in [1.29, 1.82) is 0 Å². The van der Waals surface area contributed by atoms with Gasteiger partial charge < -0.3 is 4.74 Å². The number of aromatic nitrogens is 3. The molecular weight excluding hydrogens is 497 g/mol. The van der Waals surface area contributed by atoms with E-state index >= 15 is 0 Å². The standard InChI is InChI=1S/C21H16ClF3N4O4S/c1-28-18-17(9-10-26-19(18)29(2)20(28)30)33-13-5-3-12(4-6-13)27-34(31,32)14-7-8-16(22)15(11-14)21(23,24)25/h3-11,27H,1-2H3. The van der Waals surface area contributed by atoms with Crippen molar-refractivity contribution < 1.29 is 26.3 Å². The number of alkyl halides is 3. The molecule has 0 fully saturated rings. The van der Waals surface area contributed by atoms with E-state index < -0.39 is 31.7 Å². The van der Waals surface area contributed by atoms with Crippen LogP contribution in [-0.4, -0.2) is 22.5 Å². The zero-order valence-electron chi connectivity index (χ0n) is 17.6. The van der Waals surface area contributed by atoms with Gasteiger partial charge in [0, 0.05) is 32.0 Å². The number of benzene rings is 2. The molecule has 4 rings (SSSR count). The van der Waals surface area contributed by atoms with E-state index in [1.807, 2.05) is 0 Å². The number of fused-ring (bicyclic) bond motifs is 1. The second-order valence-corrected chi connectivity index (χ2v) is 9.34. The van der Waals surface area contributed by atoms with Gasteiger partial charge in [-0.05, 0) is 42.5 Å². The van der Waals surface area contributed by atoms with Crippen molar-refractivity contribution in [2.75, 3.05) is 4.72 Å². The summed E-state index contributed by atoms with van der Waals surface area (Å²) in [6, 6.07) is 9.62. The predicted octanol–water partition coefficient (Wildman–Crippen LogP) is 4.54. The molecule has 0 aliphatic carbocycles. The van der Waals surface area contributed by atoms with Gasteiger partial charge in [-0.1, -0.05) is 11.6 Å². The summed E-state index contributed by atoms with van der Waals surface area (Å²) in [6.45, 7) is 0. The van der Waals surface area contributed by atoms with E-state index in [0.29, 0.717) is 28.7 Å². The van der Waals surface area contributed by atoms with Crippen LogP contribution < -0.4 is 15.1 Å². The van der Waals surface area contributed by atoms with Crippen LogP contribution in [0.2, 0.25) is 5.02 Å². The molecule has 0 saturated carbocycles. The predicted molar refractivity (Wildman–Crippen MR) is 120 cm³/mol. The van der Waals surface area contributed by atoms with Crippen molar-refractivity contribution in [3.8, 4) is 11.5 Å². The lowest BCUT2D eigenvalue weighted by molar-refractivity contribution is -0.137. The fourth-order valence-electron chi connectivity index (χ4n) is 3.30. The maximum atomic E-state index is 13.1. The molecule has 13 heteroatoms. The van der Waals surface area contributed by atoms with Gasteiger partial charge in [-0.2, -0.15) is 13.2 Å². The summed E-state index contributed by atoms with van der Waals surface area (Å²) in [5.74, 6) is 0.692. The van der Waals surface area contributed by atoms with Crippen LogP contribution in [0, 0.1) is 0 Å². The summed E-state index contributed by atoms with van der Waals surface area (Å²) in [5.41, 5.74) is -0.527. The third-order valence-corrected chi connectivity index (χ3v) is 6.69. The number of nitrogens with zero attached hydrogens (tertiary/aromatic N) is 3. The third kappa shape index (κ3) is 4.33. The summed E-state index contributed by atoms with van der Waals surface area (Å²) in [7, 11) is -1.15. The van der Waals surface area contributed by atoms with E-state index in [4.69, 9.17) is 16.3 Å². The van der Waals surface area contributed by atoms with Crippen LogP contribution in [0.4, 0.5) is 18.9 Å². The van der Waals surface area contributed by atoms with Crippen LogP contribution in [0.15, 0.2) is 64.4 Å². The van der Waals surface area contributed by atoms with E-state index in [-0.39, 0.29) is 11.4 Å². The van der Waals surface area contributed by atoms with E-state index in [9.17, 15) is 26.4 Å². The molecular formula is C21H16ClF3N4O4S. The van der Waals surface area contributed by atoms with Crippen LogP contribution in [0.3, 0.4) is 0 Å². The number of nitrogens with one attached hydrogen (secondary N) is 1. The molecule has 2 aromatic carbocycles. The third-order valence-electron chi connectivity index (χ3n) is 4.98. The number of imidazole rings is 1. The highest BCUT2D eigenvalue weighted by atomic mass is 35.5. The van der Waals surface area contributed by atoms with Crippen molar-refractivity contribution in [1.82, 2.24) is 14.1 Å². The molecule has 0 aliphatic rings. The highest BCUT2D eigenvalue weighted by Gasteiger charge is 2.34. The van der Waals surface area contributed by atoms with Crippen molar-refractivity contribution >= 4 is 38.5 Å². The normalized spacial score (nSPS) is 12.2. The number of sulfonamides is 1. The monoisotopic (exact) mass is 512 g/mol. The Labute approximate surface area is 196 Å². The molecule has 178 valence electrons. The lowest BCUT2D eigenvalue weighted by atomic mass is 10.2. The molecule has 8 nitrogen and oxygen atoms in total. The molecule has 2 aromatic heterocycles. The first-order valence-electron chi connectivity index (χ1n) is 9.56. The minimum Gasteiger partial charge on any atom is -0.455 e. The number of ether oxygens (including phenoxy) is 1. The van der Waals surface area contributed by atoms with Crippen LogP contribution in [0.5, 0.6) is 11.5 Å². The van der Waals surface area contributed by atoms with Gasteiger partial charge in [-0.3, -0.25) is 13.9 Å². The average Bonchev–Trinajstić information content (AvgIpc) is 2.99. The van der Waals surface area contributed by atoms with Gasteiger partial charge in [0.05, 0.1) is 15.5 Å². The number of rotatable bonds is 5. The summed E-state index contributed by atoms with van der Waals surface area (Å²) in [6.07, 6.45) is -3.32. The highest BCUT2D eigenvalue weighted by Crippen LogP contribution is 2.36. The fraction of sp³-hybridized carbons (Fsp3) is 0.143. The molecule has 0 aliphatic heterocycles. The molecule has 0 amide bonds. The zero-order valence-corrected chi connectivity index (χ0v) is 19.2. The van der Waals surface area contributed by atoms with Gasteiger partial charge in [0.1, 0.15) is 11.3 Å². The summed E-state index contributed by atoms with van der Waals surface area (Å²) >= 11 is 5.56. The number of halogens is 4. The first kappa shape index (κ1) is 23.6. The molecule has 0 bridgehead atoms. The van der Waals surface area contributed by atoms with Crippen molar-refractivity contribution in [2.24, 2.45) is 14.1 Å². The second-order valence-electron chi connectivity index (χ2n) is 7.25. The quantitative estimate of drug-likeness (QED) is 0.424. The van der Waals surface area contributed by atoms with Gasteiger partial charge in [-0.25, -0.2) is 18.2 Å². The fourth-order valence-corrected chi connectivity index (χ4v) is 4.61. The number of pyridine rings is 1. The Balaban J connectivity index is 1.58. The van der Waals surface area contributed by atoms with Gasteiger partial charge in [0.25, 0.3) is 10.0 Å². The summed E-state index contributed by atoms with van der Waals surface area (Å²) in [5, 5.41) is -0.603. The molecule has 0 atom stereocenters. The Bertz CT molecular complexity index is 1560. The SMILES string of the molecule is Cn1c(=O)n(C)c2c(Oc3ccc(NS(=O)(=O)c4ccc(Cl)c(C(F)(F)F)c4)cc3)ccnc21. The molecule has 0 radical (unpaired) electrons. The topological polar surface area (TPSA) is 95.2 Å². The van der Waals surface area contributed by atoms with E-state index in [1.165, 1.54) is 39.6 Å². The smallest absolute Gasteiger partial charge is 0.417 e. The minimum atomic E-state index is -4.80. The van der Waals surface area contributed by atoms with Gasteiger partial charge in [0.2, 0.25) is 0 Å². The molecule has 2 heterocycles. The number of anilines is 1. The maximum absolute atomic E-state index is 13.1. The Kier molecular flexibility index (Phi) is 5.82.